The van der Waals surface area contributed by atoms with Crippen molar-refractivity contribution < 1.29 is 23.7 Å². The Hall–Kier alpha value is -3.09. The topological polar surface area (TPSA) is 78.1 Å². The van der Waals surface area contributed by atoms with Crippen LogP contribution in [0.3, 0.4) is 0 Å². The second kappa shape index (κ2) is 8.84. The maximum atomic E-state index is 12.2. The molecular weight excluding hydrogens is 336 g/mol. The van der Waals surface area contributed by atoms with E-state index in [4.69, 9.17) is 18.9 Å². The maximum Gasteiger partial charge on any atom is 0.319 e. The van der Waals surface area contributed by atoms with Crippen LogP contribution >= 0.6 is 0 Å². The largest absolute Gasteiger partial charge is 0.497 e. The zero-order valence-corrected chi connectivity index (χ0v) is 15.6. The third-order valence-electron chi connectivity index (χ3n) is 3.86. The molecule has 0 aliphatic heterocycles. The van der Waals surface area contributed by atoms with E-state index >= 15 is 0 Å². The second-order valence-electron chi connectivity index (χ2n) is 5.52. The predicted molar refractivity (Wildman–Crippen MR) is 99.7 cm³/mol. The highest BCUT2D eigenvalue weighted by Gasteiger charge is 2.13. The highest BCUT2D eigenvalue weighted by Crippen LogP contribution is 2.38. The van der Waals surface area contributed by atoms with Gasteiger partial charge in [0.2, 0.25) is 5.75 Å². The van der Waals surface area contributed by atoms with Gasteiger partial charge in [0.1, 0.15) is 5.75 Å². The van der Waals surface area contributed by atoms with Crippen LogP contribution in [0.1, 0.15) is 11.1 Å². The van der Waals surface area contributed by atoms with Crippen LogP contribution in [0.2, 0.25) is 0 Å². The molecule has 2 rings (SSSR count). The maximum absolute atomic E-state index is 12.2. The Bertz CT molecular complexity index is 752. The van der Waals surface area contributed by atoms with Crippen molar-refractivity contribution in [2.24, 2.45) is 0 Å². The molecule has 0 spiro atoms. The average molecular weight is 360 g/mol. The molecule has 2 amide bonds. The standard InChI is InChI=1S/C19H24N2O5/c1-12-8-14(23-2)6-7-15(12)21-19(22)20-11-13-9-16(24-3)18(26-5)17(10-13)25-4/h6-10H,11H2,1-5H3,(H2,20,21,22). The summed E-state index contributed by atoms with van der Waals surface area (Å²) in [5.74, 6) is 2.33. The fraction of sp³-hybridized carbons (Fsp3) is 0.316. The number of urea groups is 1. The lowest BCUT2D eigenvalue weighted by molar-refractivity contribution is 0.251. The van der Waals surface area contributed by atoms with Gasteiger partial charge < -0.3 is 29.6 Å². The number of anilines is 1. The number of amides is 2. The normalized spacial score (nSPS) is 10.0. The van der Waals surface area contributed by atoms with E-state index in [0.29, 0.717) is 29.5 Å². The number of aryl methyl sites for hydroxylation is 1. The van der Waals surface area contributed by atoms with Gasteiger partial charge in [0.05, 0.1) is 28.4 Å². The van der Waals surface area contributed by atoms with Crippen molar-refractivity contribution in [1.82, 2.24) is 5.32 Å². The summed E-state index contributed by atoms with van der Waals surface area (Å²) in [5, 5.41) is 5.63. The van der Waals surface area contributed by atoms with Crippen molar-refractivity contribution in [1.29, 1.82) is 0 Å². The number of hydrogen-bond donors (Lipinski definition) is 2. The van der Waals surface area contributed by atoms with Crippen molar-refractivity contribution in [2.75, 3.05) is 33.8 Å². The Labute approximate surface area is 153 Å². The number of hydrogen-bond acceptors (Lipinski definition) is 5. The SMILES string of the molecule is COc1ccc(NC(=O)NCc2cc(OC)c(OC)c(OC)c2)c(C)c1. The van der Waals surface area contributed by atoms with Crippen LogP contribution < -0.4 is 29.6 Å². The van der Waals surface area contributed by atoms with E-state index in [1.54, 1.807) is 52.7 Å². The molecule has 0 atom stereocenters. The molecule has 0 aliphatic rings. The monoisotopic (exact) mass is 360 g/mol. The van der Waals surface area contributed by atoms with Crippen LogP contribution in [0.4, 0.5) is 10.5 Å². The summed E-state index contributed by atoms with van der Waals surface area (Å²) in [5.41, 5.74) is 2.45. The molecule has 2 N–H and O–H groups in total. The first-order valence-electron chi connectivity index (χ1n) is 8.00. The molecule has 0 heterocycles. The van der Waals surface area contributed by atoms with Crippen molar-refractivity contribution in [2.45, 2.75) is 13.5 Å². The van der Waals surface area contributed by atoms with Gasteiger partial charge in [-0.05, 0) is 48.4 Å². The first-order chi connectivity index (χ1) is 12.5. The zero-order chi connectivity index (χ0) is 19.1. The van der Waals surface area contributed by atoms with Gasteiger partial charge in [-0.3, -0.25) is 0 Å². The molecule has 0 aliphatic carbocycles. The quantitative estimate of drug-likeness (QED) is 0.792. The van der Waals surface area contributed by atoms with Crippen LogP contribution in [0, 0.1) is 6.92 Å². The van der Waals surface area contributed by atoms with Gasteiger partial charge in [0.25, 0.3) is 0 Å². The Balaban J connectivity index is 2.05. The molecule has 2 aromatic rings. The molecular formula is C19H24N2O5. The van der Waals surface area contributed by atoms with Crippen LogP contribution in [0.5, 0.6) is 23.0 Å². The van der Waals surface area contributed by atoms with Gasteiger partial charge >= 0.3 is 6.03 Å². The van der Waals surface area contributed by atoms with E-state index < -0.39 is 0 Å². The van der Waals surface area contributed by atoms with Gasteiger partial charge in [-0.2, -0.15) is 0 Å². The van der Waals surface area contributed by atoms with Gasteiger partial charge in [-0.1, -0.05) is 0 Å². The molecule has 140 valence electrons. The average Bonchev–Trinajstić information content (AvgIpc) is 2.66. The fourth-order valence-electron chi connectivity index (χ4n) is 2.49. The first kappa shape index (κ1) is 19.2. The number of carbonyl (C=O) groups excluding carboxylic acids is 1. The summed E-state index contributed by atoms with van der Waals surface area (Å²) in [6, 6.07) is 8.72. The number of nitrogens with one attached hydrogen (secondary N) is 2. The molecule has 0 unspecified atom stereocenters. The lowest BCUT2D eigenvalue weighted by atomic mass is 10.1. The molecule has 0 saturated heterocycles. The number of rotatable bonds is 7. The van der Waals surface area contributed by atoms with Gasteiger partial charge in [0.15, 0.2) is 11.5 Å². The van der Waals surface area contributed by atoms with E-state index in [-0.39, 0.29) is 6.03 Å². The summed E-state index contributed by atoms with van der Waals surface area (Å²) in [4.78, 5) is 12.2. The summed E-state index contributed by atoms with van der Waals surface area (Å²) in [7, 11) is 6.25. The Morgan fingerprint density at radius 1 is 0.923 bits per heavy atom. The lowest BCUT2D eigenvalue weighted by Crippen LogP contribution is -2.28. The second-order valence-corrected chi connectivity index (χ2v) is 5.52. The number of benzene rings is 2. The Morgan fingerprint density at radius 3 is 2.08 bits per heavy atom. The van der Waals surface area contributed by atoms with Gasteiger partial charge in [-0.25, -0.2) is 4.79 Å². The Morgan fingerprint density at radius 2 is 1.58 bits per heavy atom. The first-order valence-corrected chi connectivity index (χ1v) is 8.00. The minimum absolute atomic E-state index is 0.303. The highest BCUT2D eigenvalue weighted by atomic mass is 16.5. The molecule has 7 nitrogen and oxygen atoms in total. The highest BCUT2D eigenvalue weighted by molar-refractivity contribution is 5.90. The third-order valence-corrected chi connectivity index (χ3v) is 3.86. The van der Waals surface area contributed by atoms with Crippen LogP contribution in [0.25, 0.3) is 0 Å². The molecule has 0 fully saturated rings. The van der Waals surface area contributed by atoms with Gasteiger partial charge in [0, 0.05) is 12.2 Å². The van der Waals surface area contributed by atoms with Crippen LogP contribution in [-0.4, -0.2) is 34.5 Å². The molecule has 7 heteroatoms. The van der Waals surface area contributed by atoms with E-state index in [9.17, 15) is 4.79 Å². The lowest BCUT2D eigenvalue weighted by Gasteiger charge is -2.15. The Kier molecular flexibility index (Phi) is 6.54. The molecule has 0 aromatic heterocycles. The number of ether oxygens (including phenoxy) is 4. The summed E-state index contributed by atoms with van der Waals surface area (Å²) >= 11 is 0. The zero-order valence-electron chi connectivity index (χ0n) is 15.6. The van der Waals surface area contributed by atoms with Gasteiger partial charge in [-0.15, -0.1) is 0 Å². The molecule has 0 bridgehead atoms. The minimum Gasteiger partial charge on any atom is -0.497 e. The van der Waals surface area contributed by atoms with E-state index in [0.717, 1.165) is 16.9 Å². The van der Waals surface area contributed by atoms with E-state index in [1.807, 2.05) is 13.0 Å². The molecule has 0 radical (unpaired) electrons. The summed E-state index contributed by atoms with van der Waals surface area (Å²) in [6.07, 6.45) is 0. The summed E-state index contributed by atoms with van der Waals surface area (Å²) in [6.45, 7) is 2.20. The van der Waals surface area contributed by atoms with E-state index in [1.165, 1.54) is 0 Å². The van der Waals surface area contributed by atoms with Crippen molar-refractivity contribution in [3.63, 3.8) is 0 Å². The van der Waals surface area contributed by atoms with Crippen molar-refractivity contribution in [3.05, 3.63) is 41.5 Å². The molecule has 0 saturated carbocycles. The fourth-order valence-corrected chi connectivity index (χ4v) is 2.49. The number of carbonyl (C=O) groups is 1. The van der Waals surface area contributed by atoms with Crippen LogP contribution in [-0.2, 0) is 6.54 Å². The third kappa shape index (κ3) is 4.50. The van der Waals surface area contributed by atoms with Crippen molar-refractivity contribution >= 4 is 11.7 Å². The smallest absolute Gasteiger partial charge is 0.319 e. The molecule has 2 aromatic carbocycles. The molecule has 26 heavy (non-hydrogen) atoms. The van der Waals surface area contributed by atoms with Crippen LogP contribution in [0.15, 0.2) is 30.3 Å². The predicted octanol–water partition coefficient (Wildman–Crippen LogP) is 3.35. The summed E-state index contributed by atoms with van der Waals surface area (Å²) < 4.78 is 21.1. The number of methoxy groups -OCH3 is 4. The minimum atomic E-state index is -0.313. The van der Waals surface area contributed by atoms with Crippen molar-refractivity contribution in [3.8, 4) is 23.0 Å². The van der Waals surface area contributed by atoms with E-state index in [2.05, 4.69) is 10.6 Å².